The van der Waals surface area contributed by atoms with E-state index < -0.39 is 6.10 Å². The predicted octanol–water partition coefficient (Wildman–Crippen LogP) is 20.6. The molecule has 0 aliphatic heterocycles. The van der Waals surface area contributed by atoms with Crippen LogP contribution < -0.4 is 0 Å². The van der Waals surface area contributed by atoms with E-state index in [4.69, 9.17) is 14.2 Å². The minimum Gasteiger partial charge on any atom is -0.462 e. The van der Waals surface area contributed by atoms with Gasteiger partial charge < -0.3 is 14.2 Å². The number of hydrogen-bond acceptors (Lipinski definition) is 6. The third kappa shape index (κ3) is 58.4. The highest BCUT2D eigenvalue weighted by Crippen LogP contribution is 2.14. The van der Waals surface area contributed by atoms with Crippen LogP contribution in [0.5, 0.6) is 0 Å². The lowest BCUT2D eigenvalue weighted by Crippen LogP contribution is -2.30. The lowest BCUT2D eigenvalue weighted by Gasteiger charge is -2.18. The van der Waals surface area contributed by atoms with Crippen LogP contribution in [0.4, 0.5) is 0 Å². The zero-order valence-corrected chi connectivity index (χ0v) is 47.8. The van der Waals surface area contributed by atoms with Crippen molar-refractivity contribution in [2.75, 3.05) is 13.2 Å². The zero-order chi connectivity index (χ0) is 53.6. The van der Waals surface area contributed by atoms with E-state index in [0.29, 0.717) is 19.3 Å². The Hall–Kier alpha value is -4.45. The lowest BCUT2D eigenvalue weighted by atomic mass is 10.1. The summed E-state index contributed by atoms with van der Waals surface area (Å²) < 4.78 is 16.9. The lowest BCUT2D eigenvalue weighted by molar-refractivity contribution is -0.167. The van der Waals surface area contributed by atoms with Gasteiger partial charge in [0, 0.05) is 19.3 Å². The Morgan fingerprint density at radius 2 is 0.527 bits per heavy atom. The fourth-order valence-corrected chi connectivity index (χ4v) is 7.90. The summed E-state index contributed by atoms with van der Waals surface area (Å²) in [5.41, 5.74) is 0. The summed E-state index contributed by atoms with van der Waals surface area (Å²) in [6, 6.07) is 0. The maximum Gasteiger partial charge on any atom is 0.306 e. The van der Waals surface area contributed by atoms with Crippen molar-refractivity contribution >= 4 is 17.9 Å². The molecule has 0 saturated heterocycles. The second kappa shape index (κ2) is 61.1. The van der Waals surface area contributed by atoms with Crippen molar-refractivity contribution in [1.82, 2.24) is 0 Å². The molecule has 1 atom stereocenters. The minimum atomic E-state index is -0.806. The van der Waals surface area contributed by atoms with Crippen molar-refractivity contribution < 1.29 is 28.6 Å². The number of rotatable bonds is 53. The topological polar surface area (TPSA) is 78.9 Å². The van der Waals surface area contributed by atoms with Crippen LogP contribution in [0.25, 0.3) is 0 Å². The van der Waals surface area contributed by atoms with Gasteiger partial charge in [-0.1, -0.05) is 238 Å². The molecule has 0 aliphatic carbocycles. The first-order valence-electron chi connectivity index (χ1n) is 30.2. The highest BCUT2D eigenvalue weighted by Gasteiger charge is 2.19. The molecular weight excluding hydrogens is 913 g/mol. The Bertz CT molecular complexity index is 1600. The van der Waals surface area contributed by atoms with E-state index >= 15 is 0 Å². The van der Waals surface area contributed by atoms with Gasteiger partial charge in [-0.2, -0.15) is 0 Å². The monoisotopic (exact) mass is 1020 g/mol. The number of unbranched alkanes of at least 4 members (excludes halogenated alkanes) is 20. The third-order valence-corrected chi connectivity index (χ3v) is 12.4. The molecule has 6 heteroatoms. The predicted molar refractivity (Wildman–Crippen MR) is 320 cm³/mol. The Morgan fingerprint density at radius 1 is 0.284 bits per heavy atom. The molecule has 0 heterocycles. The molecule has 0 fully saturated rings. The minimum absolute atomic E-state index is 0.101. The first kappa shape index (κ1) is 69.5. The molecule has 0 spiro atoms. The summed E-state index contributed by atoms with van der Waals surface area (Å²) in [4.78, 5) is 38.3. The Morgan fingerprint density at radius 3 is 0.838 bits per heavy atom. The van der Waals surface area contributed by atoms with Crippen LogP contribution in [-0.2, 0) is 28.6 Å². The van der Waals surface area contributed by atoms with Gasteiger partial charge in [-0.3, -0.25) is 14.4 Å². The van der Waals surface area contributed by atoms with E-state index in [1.807, 2.05) is 0 Å². The van der Waals surface area contributed by atoms with Crippen molar-refractivity contribution in [1.29, 1.82) is 0 Å². The number of hydrogen-bond donors (Lipinski definition) is 0. The first-order valence-corrected chi connectivity index (χ1v) is 30.2. The quantitative estimate of drug-likeness (QED) is 0.0261. The fourth-order valence-electron chi connectivity index (χ4n) is 7.90. The van der Waals surface area contributed by atoms with Gasteiger partial charge in [-0.05, 0) is 135 Å². The molecule has 0 rings (SSSR count). The second-order valence-electron chi connectivity index (χ2n) is 19.5. The van der Waals surface area contributed by atoms with Crippen molar-refractivity contribution in [3.8, 4) is 0 Å². The Labute approximate surface area is 455 Å². The highest BCUT2D eigenvalue weighted by atomic mass is 16.6. The van der Waals surface area contributed by atoms with Crippen molar-refractivity contribution in [3.63, 3.8) is 0 Å². The van der Waals surface area contributed by atoms with Gasteiger partial charge in [0.25, 0.3) is 0 Å². The standard InChI is InChI=1S/C68H110O6/c1-4-7-10-13-16-19-22-25-28-30-32-34-36-38-40-43-46-49-52-55-58-61-67(70)73-64-65(63-72-66(69)60-57-54-51-48-45-42-27-24-21-18-15-12-9-6-3)74-68(71)62-59-56-53-50-47-44-41-39-37-35-33-31-29-26-23-20-17-14-11-8-5-2/h7-8,10-11,16-17,19-20,24-29,32-35,38-41,65H,4-6,9,12-15,18,21-23,30-31,36-37,42-64H2,1-3H3/b10-7-,11-8-,19-16-,20-17-,27-24-,28-25-,29-26-,34-32-,35-33-,40-38-,41-39-. The fraction of sp³-hybridized carbons (Fsp3) is 0.632. The van der Waals surface area contributed by atoms with Crippen LogP contribution in [0.15, 0.2) is 134 Å². The molecule has 0 aliphatic rings. The molecule has 74 heavy (non-hydrogen) atoms. The number of ether oxygens (including phenoxy) is 3. The summed E-state index contributed by atoms with van der Waals surface area (Å²) >= 11 is 0. The number of allylic oxidation sites excluding steroid dienone is 22. The van der Waals surface area contributed by atoms with Gasteiger partial charge in [0.05, 0.1) is 0 Å². The SMILES string of the molecule is CC/C=C\C/C=C\C/C=C\C/C=C\C/C=C\CCCCCCCC(=O)OCC(COC(=O)CCCCCCC/C=C\CCCCCCC)OC(=O)CCCCCCC/C=C\C/C=C\C/C=C\C/C=C\C/C=C\CC. The molecule has 0 radical (unpaired) electrons. The molecule has 0 saturated carbocycles. The van der Waals surface area contributed by atoms with Gasteiger partial charge in [0.15, 0.2) is 6.10 Å². The van der Waals surface area contributed by atoms with Crippen LogP contribution in [-0.4, -0.2) is 37.2 Å². The van der Waals surface area contributed by atoms with Gasteiger partial charge >= 0.3 is 17.9 Å². The summed E-state index contributed by atoms with van der Waals surface area (Å²) in [5.74, 6) is -0.948. The first-order chi connectivity index (χ1) is 36.5. The number of carbonyl (C=O) groups excluding carboxylic acids is 3. The summed E-state index contributed by atoms with van der Waals surface area (Å²) in [6.07, 6.45) is 85.8. The molecule has 418 valence electrons. The number of esters is 3. The molecule has 1 unspecified atom stereocenters. The van der Waals surface area contributed by atoms with E-state index in [1.165, 1.54) is 44.9 Å². The Balaban J connectivity index is 4.49. The van der Waals surface area contributed by atoms with Crippen LogP contribution in [0, 0.1) is 0 Å². The van der Waals surface area contributed by atoms with Crippen molar-refractivity contribution in [2.24, 2.45) is 0 Å². The molecule has 0 aromatic heterocycles. The van der Waals surface area contributed by atoms with Gasteiger partial charge in [0.1, 0.15) is 13.2 Å². The average Bonchev–Trinajstić information content (AvgIpc) is 3.40. The van der Waals surface area contributed by atoms with Crippen LogP contribution in [0.3, 0.4) is 0 Å². The molecule has 0 aromatic carbocycles. The Kier molecular flexibility index (Phi) is 57.4. The molecule has 0 bridgehead atoms. The molecule has 6 nitrogen and oxygen atoms in total. The van der Waals surface area contributed by atoms with E-state index in [2.05, 4.69) is 154 Å². The van der Waals surface area contributed by atoms with Crippen LogP contribution in [0.1, 0.15) is 258 Å². The van der Waals surface area contributed by atoms with E-state index in [1.54, 1.807) is 0 Å². The van der Waals surface area contributed by atoms with Crippen molar-refractivity contribution in [2.45, 2.75) is 264 Å². The molecule has 0 amide bonds. The molecular formula is C68H110O6. The van der Waals surface area contributed by atoms with E-state index in [-0.39, 0.29) is 31.1 Å². The summed E-state index contributed by atoms with van der Waals surface area (Å²) in [7, 11) is 0. The van der Waals surface area contributed by atoms with E-state index in [9.17, 15) is 14.4 Å². The average molecular weight is 1020 g/mol. The van der Waals surface area contributed by atoms with E-state index in [0.717, 1.165) is 173 Å². The van der Waals surface area contributed by atoms with Crippen LogP contribution in [0.2, 0.25) is 0 Å². The summed E-state index contributed by atoms with van der Waals surface area (Å²) in [6.45, 7) is 6.36. The highest BCUT2D eigenvalue weighted by molar-refractivity contribution is 5.71. The molecule has 0 N–H and O–H groups in total. The van der Waals surface area contributed by atoms with Crippen molar-refractivity contribution in [3.05, 3.63) is 134 Å². The van der Waals surface area contributed by atoms with Crippen LogP contribution >= 0.6 is 0 Å². The van der Waals surface area contributed by atoms with Gasteiger partial charge in [-0.15, -0.1) is 0 Å². The molecule has 0 aromatic rings. The summed E-state index contributed by atoms with van der Waals surface area (Å²) in [5, 5.41) is 0. The van der Waals surface area contributed by atoms with Gasteiger partial charge in [0.2, 0.25) is 0 Å². The maximum atomic E-state index is 12.9. The maximum absolute atomic E-state index is 12.9. The largest absolute Gasteiger partial charge is 0.462 e. The normalized spacial score (nSPS) is 13.1. The smallest absolute Gasteiger partial charge is 0.306 e. The third-order valence-electron chi connectivity index (χ3n) is 12.4. The second-order valence-corrected chi connectivity index (χ2v) is 19.5. The number of carbonyl (C=O) groups is 3. The zero-order valence-electron chi connectivity index (χ0n) is 47.8. The van der Waals surface area contributed by atoms with Gasteiger partial charge in [-0.25, -0.2) is 0 Å².